The fraction of sp³-hybridized carbons (Fsp3) is 0.267. The lowest BCUT2D eigenvalue weighted by atomic mass is 9.99. The zero-order valence-electron chi connectivity index (χ0n) is 10.9. The molecule has 0 bridgehead atoms. The summed E-state index contributed by atoms with van der Waals surface area (Å²) in [6.45, 7) is 2.08. The van der Waals surface area contributed by atoms with Crippen LogP contribution in [0.15, 0.2) is 42.7 Å². The number of aromatic nitrogens is 1. The van der Waals surface area contributed by atoms with Crippen LogP contribution >= 0.6 is 11.6 Å². The molecule has 0 saturated heterocycles. The number of halogens is 1. The number of hydrazine groups is 1. The van der Waals surface area contributed by atoms with Gasteiger partial charge in [0.1, 0.15) is 0 Å². The van der Waals surface area contributed by atoms with Gasteiger partial charge in [-0.3, -0.25) is 16.3 Å². The van der Waals surface area contributed by atoms with Crippen LogP contribution in [0, 0.1) is 6.92 Å². The van der Waals surface area contributed by atoms with Gasteiger partial charge < -0.3 is 0 Å². The van der Waals surface area contributed by atoms with Crippen molar-refractivity contribution in [3.05, 3.63) is 64.4 Å². The lowest BCUT2D eigenvalue weighted by Gasteiger charge is -2.16. The maximum atomic E-state index is 6.12. The monoisotopic (exact) mass is 275 g/mol. The molecule has 3 N–H and O–H groups in total. The first-order chi connectivity index (χ1) is 9.19. The van der Waals surface area contributed by atoms with Crippen LogP contribution in [0.25, 0.3) is 0 Å². The molecule has 0 saturated carbocycles. The summed E-state index contributed by atoms with van der Waals surface area (Å²) in [6.07, 6.45) is 5.07. The van der Waals surface area contributed by atoms with Gasteiger partial charge in [0.25, 0.3) is 0 Å². The summed E-state index contributed by atoms with van der Waals surface area (Å²) >= 11 is 6.12. The highest BCUT2D eigenvalue weighted by Gasteiger charge is 2.11. The van der Waals surface area contributed by atoms with E-state index in [9.17, 15) is 0 Å². The van der Waals surface area contributed by atoms with Crippen LogP contribution in [0.2, 0.25) is 5.02 Å². The van der Waals surface area contributed by atoms with Gasteiger partial charge in [-0.05, 0) is 37.0 Å². The van der Waals surface area contributed by atoms with Gasteiger partial charge >= 0.3 is 0 Å². The van der Waals surface area contributed by atoms with Crippen LogP contribution in [-0.4, -0.2) is 11.0 Å². The van der Waals surface area contributed by atoms with E-state index in [2.05, 4.69) is 41.6 Å². The van der Waals surface area contributed by atoms with E-state index in [-0.39, 0.29) is 6.04 Å². The minimum absolute atomic E-state index is 0.155. The molecule has 2 rings (SSSR count). The quantitative estimate of drug-likeness (QED) is 0.652. The van der Waals surface area contributed by atoms with E-state index in [0.717, 1.165) is 18.4 Å². The molecule has 19 heavy (non-hydrogen) atoms. The molecule has 0 aliphatic heterocycles. The van der Waals surface area contributed by atoms with Gasteiger partial charge in [-0.15, -0.1) is 0 Å². The van der Waals surface area contributed by atoms with Gasteiger partial charge in [0, 0.05) is 18.4 Å². The van der Waals surface area contributed by atoms with Crippen molar-refractivity contribution in [2.24, 2.45) is 5.84 Å². The van der Waals surface area contributed by atoms with E-state index in [1.807, 2.05) is 6.07 Å². The van der Waals surface area contributed by atoms with Crippen LogP contribution < -0.4 is 11.3 Å². The van der Waals surface area contributed by atoms with Crippen LogP contribution in [0.4, 0.5) is 0 Å². The summed E-state index contributed by atoms with van der Waals surface area (Å²) in [4.78, 5) is 3.99. The average Bonchev–Trinajstić information content (AvgIpc) is 2.43. The second-order valence-corrected chi connectivity index (χ2v) is 5.13. The molecule has 1 aromatic heterocycles. The standard InChI is InChI=1S/C15H18ClN3/c1-11-2-4-12(5-3-11)8-14(19-17)9-13-6-7-18-10-15(13)16/h2-7,10,14,19H,8-9,17H2,1H3. The first-order valence-electron chi connectivity index (χ1n) is 6.29. The maximum Gasteiger partial charge on any atom is 0.0621 e. The van der Waals surface area contributed by atoms with Crippen molar-refractivity contribution < 1.29 is 0 Å². The van der Waals surface area contributed by atoms with Gasteiger partial charge in [0.2, 0.25) is 0 Å². The van der Waals surface area contributed by atoms with E-state index >= 15 is 0 Å². The predicted molar refractivity (Wildman–Crippen MR) is 78.9 cm³/mol. The molecule has 4 heteroatoms. The van der Waals surface area contributed by atoms with Crippen molar-refractivity contribution in [1.29, 1.82) is 0 Å². The fourth-order valence-corrected chi connectivity index (χ4v) is 2.23. The number of benzene rings is 1. The summed E-state index contributed by atoms with van der Waals surface area (Å²) < 4.78 is 0. The summed E-state index contributed by atoms with van der Waals surface area (Å²) in [5.74, 6) is 5.64. The Bertz CT molecular complexity index is 525. The van der Waals surface area contributed by atoms with Crippen LogP contribution in [0.3, 0.4) is 0 Å². The minimum Gasteiger partial charge on any atom is -0.271 e. The highest BCUT2D eigenvalue weighted by molar-refractivity contribution is 6.31. The van der Waals surface area contributed by atoms with Crippen LogP contribution in [0.5, 0.6) is 0 Å². The molecular weight excluding hydrogens is 258 g/mol. The van der Waals surface area contributed by atoms with E-state index in [1.165, 1.54) is 11.1 Å². The second kappa shape index (κ2) is 6.66. The molecular formula is C15H18ClN3. The first kappa shape index (κ1) is 14.0. The molecule has 0 aliphatic carbocycles. The Kier molecular flexibility index (Phi) is 4.91. The Morgan fingerprint density at radius 2 is 1.95 bits per heavy atom. The summed E-state index contributed by atoms with van der Waals surface area (Å²) in [5, 5.41) is 0.687. The van der Waals surface area contributed by atoms with Crippen molar-refractivity contribution in [3.63, 3.8) is 0 Å². The third-order valence-electron chi connectivity index (χ3n) is 3.16. The number of nitrogens with zero attached hydrogens (tertiary/aromatic N) is 1. The van der Waals surface area contributed by atoms with E-state index in [4.69, 9.17) is 17.4 Å². The lowest BCUT2D eigenvalue weighted by Crippen LogP contribution is -2.38. The molecule has 0 amide bonds. The highest BCUT2D eigenvalue weighted by atomic mass is 35.5. The predicted octanol–water partition coefficient (Wildman–Crippen LogP) is 2.66. The number of pyridine rings is 1. The molecule has 3 nitrogen and oxygen atoms in total. The Morgan fingerprint density at radius 1 is 1.21 bits per heavy atom. The topological polar surface area (TPSA) is 50.9 Å². The van der Waals surface area contributed by atoms with Crippen LogP contribution in [0.1, 0.15) is 16.7 Å². The number of nitrogens with one attached hydrogen (secondary N) is 1. The summed E-state index contributed by atoms with van der Waals surface area (Å²) in [6, 6.07) is 10.6. The highest BCUT2D eigenvalue weighted by Crippen LogP contribution is 2.17. The molecule has 1 heterocycles. The van der Waals surface area contributed by atoms with E-state index in [0.29, 0.717) is 5.02 Å². The number of aryl methyl sites for hydroxylation is 1. The smallest absolute Gasteiger partial charge is 0.0621 e. The largest absolute Gasteiger partial charge is 0.271 e. The van der Waals surface area contributed by atoms with Gasteiger partial charge in [0.15, 0.2) is 0 Å². The second-order valence-electron chi connectivity index (χ2n) is 4.72. The molecule has 0 aliphatic rings. The molecule has 2 aromatic rings. The third-order valence-corrected chi connectivity index (χ3v) is 3.50. The van der Waals surface area contributed by atoms with Gasteiger partial charge in [-0.2, -0.15) is 0 Å². The molecule has 1 atom stereocenters. The molecule has 1 aromatic carbocycles. The van der Waals surface area contributed by atoms with Gasteiger partial charge in [0.05, 0.1) is 5.02 Å². The zero-order chi connectivity index (χ0) is 13.7. The van der Waals surface area contributed by atoms with E-state index in [1.54, 1.807) is 12.4 Å². The lowest BCUT2D eigenvalue weighted by molar-refractivity contribution is 0.522. The average molecular weight is 276 g/mol. The molecule has 0 fully saturated rings. The zero-order valence-corrected chi connectivity index (χ0v) is 11.7. The maximum absolute atomic E-state index is 6.12. The number of hydrogen-bond donors (Lipinski definition) is 2. The van der Waals surface area contributed by atoms with Gasteiger partial charge in [-0.25, -0.2) is 0 Å². The Labute approximate surface area is 118 Å². The molecule has 0 radical (unpaired) electrons. The Morgan fingerprint density at radius 3 is 2.58 bits per heavy atom. The van der Waals surface area contributed by atoms with E-state index < -0.39 is 0 Å². The molecule has 0 spiro atoms. The molecule has 1 unspecified atom stereocenters. The van der Waals surface area contributed by atoms with Crippen molar-refractivity contribution in [1.82, 2.24) is 10.4 Å². The van der Waals surface area contributed by atoms with Crippen molar-refractivity contribution in [2.45, 2.75) is 25.8 Å². The van der Waals surface area contributed by atoms with Crippen LogP contribution in [-0.2, 0) is 12.8 Å². The van der Waals surface area contributed by atoms with Crippen molar-refractivity contribution >= 4 is 11.6 Å². The van der Waals surface area contributed by atoms with Gasteiger partial charge in [-0.1, -0.05) is 41.4 Å². The fourth-order valence-electron chi connectivity index (χ4n) is 2.03. The summed E-state index contributed by atoms with van der Waals surface area (Å²) in [7, 11) is 0. The minimum atomic E-state index is 0.155. The normalized spacial score (nSPS) is 12.4. The van der Waals surface area contributed by atoms with Crippen molar-refractivity contribution in [3.8, 4) is 0 Å². The molecule has 100 valence electrons. The third kappa shape index (κ3) is 4.03. The Balaban J connectivity index is 2.05. The number of nitrogens with two attached hydrogens (primary N) is 1. The SMILES string of the molecule is Cc1ccc(CC(Cc2ccncc2Cl)NN)cc1. The van der Waals surface area contributed by atoms with Crippen molar-refractivity contribution in [2.75, 3.05) is 0 Å². The number of rotatable bonds is 5. The Hall–Kier alpha value is -1.42. The number of hydrogen-bond acceptors (Lipinski definition) is 3. The summed E-state index contributed by atoms with van der Waals surface area (Å²) in [5.41, 5.74) is 6.45. The first-order valence-corrected chi connectivity index (χ1v) is 6.67.